The largest absolute Gasteiger partial charge is 0.496 e. The monoisotopic (exact) mass is 537 g/mol. The van der Waals surface area contributed by atoms with Crippen molar-refractivity contribution in [1.29, 1.82) is 0 Å². The normalized spacial score (nSPS) is 11.1. The summed E-state index contributed by atoms with van der Waals surface area (Å²) < 4.78 is 13.1. The number of hydrogen-bond donors (Lipinski definition) is 1. The average Bonchev–Trinajstić information content (AvgIpc) is 3.32. The lowest BCUT2D eigenvalue weighted by Gasteiger charge is -2.21. The van der Waals surface area contributed by atoms with E-state index >= 15 is 0 Å². The summed E-state index contributed by atoms with van der Waals surface area (Å²) in [6, 6.07) is 7.67. The molecule has 0 spiro atoms. The fourth-order valence-corrected chi connectivity index (χ4v) is 4.80. The van der Waals surface area contributed by atoms with Crippen LogP contribution in [0.25, 0.3) is 11.0 Å². The number of nitrogens with zero attached hydrogens (tertiary/aromatic N) is 4. The molecule has 0 aliphatic heterocycles. The Balaban J connectivity index is 1.69. The van der Waals surface area contributed by atoms with E-state index in [9.17, 15) is 9.59 Å². The van der Waals surface area contributed by atoms with Gasteiger partial charge in [-0.3, -0.25) is 9.59 Å². The molecule has 2 heterocycles. The Bertz CT molecular complexity index is 1230. The van der Waals surface area contributed by atoms with Crippen LogP contribution in [-0.4, -0.2) is 58.1 Å². The number of nitrogens with two attached hydrogens (primary N) is 1. The zero-order valence-corrected chi connectivity index (χ0v) is 23.9. The summed E-state index contributed by atoms with van der Waals surface area (Å²) in [4.78, 5) is 35.6. The third kappa shape index (κ3) is 8.43. The molecule has 0 saturated carbocycles. The lowest BCUT2D eigenvalue weighted by molar-refractivity contribution is -0.151. The maximum absolute atomic E-state index is 12.5. The van der Waals surface area contributed by atoms with Gasteiger partial charge in [0.25, 0.3) is 5.91 Å². The highest BCUT2D eigenvalue weighted by Crippen LogP contribution is 2.26. The summed E-state index contributed by atoms with van der Waals surface area (Å²) in [7, 11) is 1.62. The molecule has 0 saturated heterocycles. The van der Waals surface area contributed by atoms with Crippen molar-refractivity contribution in [1.82, 2.24) is 19.4 Å². The molecular weight excluding hydrogens is 494 g/mol. The van der Waals surface area contributed by atoms with Crippen LogP contribution < -0.4 is 10.5 Å². The predicted octanol–water partition coefficient (Wildman–Crippen LogP) is 4.93. The Hall–Kier alpha value is -3.62. The van der Waals surface area contributed by atoms with Crippen LogP contribution in [-0.2, 0) is 33.7 Å². The Morgan fingerprint density at radius 2 is 1.77 bits per heavy atom. The topological polar surface area (TPSA) is 113 Å². The maximum atomic E-state index is 12.5. The molecule has 0 fully saturated rings. The summed E-state index contributed by atoms with van der Waals surface area (Å²) in [6.07, 6.45) is 9.24. The zero-order valence-electron chi connectivity index (χ0n) is 23.9. The van der Waals surface area contributed by atoms with Gasteiger partial charge in [0.05, 0.1) is 36.8 Å². The van der Waals surface area contributed by atoms with E-state index in [0.717, 1.165) is 60.0 Å². The van der Waals surface area contributed by atoms with Crippen molar-refractivity contribution in [2.24, 2.45) is 0 Å². The number of benzene rings is 1. The lowest BCUT2D eigenvalue weighted by atomic mass is 10.1. The summed E-state index contributed by atoms with van der Waals surface area (Å²) >= 11 is 0. The molecule has 39 heavy (non-hydrogen) atoms. The first-order valence-electron chi connectivity index (χ1n) is 14.1. The van der Waals surface area contributed by atoms with Gasteiger partial charge in [-0.1, -0.05) is 52.2 Å². The Kier molecular flexibility index (Phi) is 11.6. The third-order valence-corrected chi connectivity index (χ3v) is 6.70. The van der Waals surface area contributed by atoms with Crippen molar-refractivity contribution in [3.05, 3.63) is 47.3 Å². The van der Waals surface area contributed by atoms with Crippen LogP contribution in [0.4, 0.5) is 5.95 Å². The molecular formula is C30H43N5O4. The van der Waals surface area contributed by atoms with E-state index in [2.05, 4.69) is 21.5 Å². The number of carbonyl (C=O) groups excluding carboxylic acids is 2. The highest BCUT2D eigenvalue weighted by molar-refractivity contribution is 5.81. The van der Waals surface area contributed by atoms with E-state index < -0.39 is 5.97 Å². The van der Waals surface area contributed by atoms with Gasteiger partial charge in [0, 0.05) is 24.8 Å². The molecule has 1 aromatic carbocycles. The van der Waals surface area contributed by atoms with E-state index in [4.69, 9.17) is 15.2 Å². The minimum atomic E-state index is -0.440. The minimum absolute atomic E-state index is 0.0625. The molecule has 1 amide bonds. The predicted molar refractivity (Wildman–Crippen MR) is 154 cm³/mol. The van der Waals surface area contributed by atoms with Gasteiger partial charge < -0.3 is 24.7 Å². The summed E-state index contributed by atoms with van der Waals surface area (Å²) in [5.74, 6) is 0.375. The van der Waals surface area contributed by atoms with Crippen LogP contribution in [0.1, 0.15) is 76.1 Å². The van der Waals surface area contributed by atoms with Crippen LogP contribution in [0.15, 0.2) is 30.5 Å². The lowest BCUT2D eigenvalue weighted by Crippen LogP contribution is -2.36. The first kappa shape index (κ1) is 29.9. The van der Waals surface area contributed by atoms with Gasteiger partial charge in [0.15, 0.2) is 6.61 Å². The second kappa shape index (κ2) is 15.1. The number of anilines is 1. The molecule has 0 unspecified atom stereocenters. The fourth-order valence-electron chi connectivity index (χ4n) is 4.80. The number of hydrogen-bond acceptors (Lipinski definition) is 7. The first-order valence-corrected chi connectivity index (χ1v) is 14.1. The minimum Gasteiger partial charge on any atom is -0.496 e. The summed E-state index contributed by atoms with van der Waals surface area (Å²) in [5.41, 5.74) is 10.5. The van der Waals surface area contributed by atoms with Crippen LogP contribution in [0.2, 0.25) is 0 Å². The number of aromatic nitrogens is 3. The Labute approximate surface area is 231 Å². The van der Waals surface area contributed by atoms with Crippen molar-refractivity contribution in [2.45, 2.75) is 78.7 Å². The number of fused-ring (bicyclic) bond motifs is 1. The number of esters is 1. The van der Waals surface area contributed by atoms with E-state index in [1.54, 1.807) is 12.0 Å². The van der Waals surface area contributed by atoms with E-state index in [1.165, 1.54) is 12.8 Å². The molecule has 3 rings (SSSR count). The van der Waals surface area contributed by atoms with Crippen molar-refractivity contribution < 1.29 is 19.1 Å². The first-order chi connectivity index (χ1) is 18.9. The number of unbranched alkanes of at least 4 members (excludes halogenated alkanes) is 3. The highest BCUT2D eigenvalue weighted by Gasteiger charge is 2.17. The standard InChI is InChI=1S/C30H43N5O4/c1-5-8-9-10-11-24-29-25(33-30(31)32-24)14-17-35(29)20-23-13-12-22(18-26(23)38-4)19-28(37)39-21-27(36)34(15-6-2)16-7-3/h12-14,17-18H,5-11,15-16,19-21H2,1-4H3,(H2,31,32,33). The van der Waals surface area contributed by atoms with Crippen molar-refractivity contribution in [3.63, 3.8) is 0 Å². The van der Waals surface area contributed by atoms with E-state index in [0.29, 0.717) is 31.3 Å². The van der Waals surface area contributed by atoms with Gasteiger partial charge in [-0.15, -0.1) is 0 Å². The second-order valence-electron chi connectivity index (χ2n) is 9.88. The molecule has 9 heteroatoms. The maximum Gasteiger partial charge on any atom is 0.310 e. The van der Waals surface area contributed by atoms with Crippen molar-refractivity contribution in [3.8, 4) is 5.75 Å². The number of ether oxygens (including phenoxy) is 2. The van der Waals surface area contributed by atoms with Gasteiger partial charge in [0.2, 0.25) is 5.95 Å². The van der Waals surface area contributed by atoms with Crippen LogP contribution in [0, 0.1) is 0 Å². The number of methoxy groups -OCH3 is 1. The number of carbonyl (C=O) groups is 2. The molecule has 0 radical (unpaired) electrons. The summed E-state index contributed by atoms with van der Waals surface area (Å²) in [6.45, 7) is 7.90. The molecule has 0 aliphatic carbocycles. The third-order valence-electron chi connectivity index (χ3n) is 6.70. The highest BCUT2D eigenvalue weighted by atomic mass is 16.5. The van der Waals surface area contributed by atoms with Crippen molar-refractivity contribution >= 4 is 28.9 Å². The van der Waals surface area contributed by atoms with Gasteiger partial charge in [0.1, 0.15) is 5.75 Å². The molecule has 3 aromatic rings. The quantitative estimate of drug-likeness (QED) is 0.204. The molecule has 0 bridgehead atoms. The molecule has 212 valence electrons. The van der Waals surface area contributed by atoms with Gasteiger partial charge in [-0.25, -0.2) is 9.97 Å². The summed E-state index contributed by atoms with van der Waals surface area (Å²) in [5, 5.41) is 0. The number of amides is 1. The molecule has 2 N–H and O–H groups in total. The smallest absolute Gasteiger partial charge is 0.310 e. The zero-order chi connectivity index (χ0) is 28.2. The van der Waals surface area contributed by atoms with Gasteiger partial charge in [-0.2, -0.15) is 0 Å². The number of aryl methyl sites for hydroxylation is 1. The second-order valence-corrected chi connectivity index (χ2v) is 9.88. The van der Waals surface area contributed by atoms with E-state index in [1.807, 2.05) is 44.3 Å². The number of rotatable bonds is 16. The van der Waals surface area contributed by atoms with Crippen LogP contribution in [0.5, 0.6) is 5.75 Å². The molecule has 0 aliphatic rings. The Morgan fingerprint density at radius 3 is 2.46 bits per heavy atom. The molecule has 0 atom stereocenters. The van der Waals surface area contributed by atoms with Gasteiger partial charge >= 0.3 is 5.97 Å². The van der Waals surface area contributed by atoms with Crippen molar-refractivity contribution in [2.75, 3.05) is 32.5 Å². The van der Waals surface area contributed by atoms with Crippen LogP contribution >= 0.6 is 0 Å². The Morgan fingerprint density at radius 1 is 1.00 bits per heavy atom. The van der Waals surface area contributed by atoms with E-state index in [-0.39, 0.29) is 18.9 Å². The molecule has 9 nitrogen and oxygen atoms in total. The van der Waals surface area contributed by atoms with Crippen LogP contribution in [0.3, 0.4) is 0 Å². The SMILES string of the molecule is CCCCCCc1nc(N)nc2ccn(Cc3ccc(CC(=O)OCC(=O)N(CCC)CCC)cc3OC)c12. The van der Waals surface area contributed by atoms with Gasteiger partial charge in [-0.05, 0) is 43.4 Å². The average molecular weight is 538 g/mol. The fraction of sp³-hybridized carbons (Fsp3) is 0.533. The number of nitrogen functional groups attached to an aromatic ring is 1. The molecule has 2 aromatic heterocycles.